The zero-order chi connectivity index (χ0) is 10.7. The van der Waals surface area contributed by atoms with Gasteiger partial charge in [0.15, 0.2) is 0 Å². The van der Waals surface area contributed by atoms with Gasteiger partial charge in [-0.25, -0.2) is 4.79 Å². The van der Waals surface area contributed by atoms with Crippen LogP contribution in [0.25, 0.3) is 6.08 Å². The summed E-state index contributed by atoms with van der Waals surface area (Å²) in [7, 11) is 0. The van der Waals surface area contributed by atoms with Crippen LogP contribution in [0, 0.1) is 0 Å². The summed E-state index contributed by atoms with van der Waals surface area (Å²) in [6, 6.07) is 9.77. The molecule has 0 unspecified atom stereocenters. The number of benzene rings is 1. The van der Waals surface area contributed by atoms with E-state index in [4.69, 9.17) is 4.74 Å². The molecular formula is C13H12O2. The Morgan fingerprint density at radius 2 is 2.00 bits per heavy atom. The van der Waals surface area contributed by atoms with E-state index >= 15 is 0 Å². The van der Waals surface area contributed by atoms with Crippen molar-refractivity contribution < 1.29 is 9.53 Å². The van der Waals surface area contributed by atoms with Gasteiger partial charge in [0.2, 0.25) is 0 Å². The van der Waals surface area contributed by atoms with E-state index in [1.165, 1.54) is 0 Å². The first-order valence-electron chi connectivity index (χ1n) is 4.90. The van der Waals surface area contributed by atoms with Crippen molar-refractivity contribution in [1.29, 1.82) is 0 Å². The molecule has 0 N–H and O–H groups in total. The predicted octanol–water partition coefficient (Wildman–Crippen LogP) is 2.92. The van der Waals surface area contributed by atoms with E-state index in [-0.39, 0.29) is 5.97 Å². The van der Waals surface area contributed by atoms with Gasteiger partial charge in [-0.15, -0.1) is 0 Å². The molecule has 0 spiro atoms. The highest BCUT2D eigenvalue weighted by Gasteiger charge is 2.15. The molecule has 0 saturated carbocycles. The van der Waals surface area contributed by atoms with Gasteiger partial charge in [-0.3, -0.25) is 0 Å². The van der Waals surface area contributed by atoms with E-state index in [0.717, 1.165) is 5.56 Å². The summed E-state index contributed by atoms with van der Waals surface area (Å²) < 4.78 is 5.02. The first kappa shape index (κ1) is 9.71. The molecule has 1 aromatic carbocycles. The van der Waals surface area contributed by atoms with Crippen LogP contribution in [-0.4, -0.2) is 5.97 Å². The molecule has 0 saturated heterocycles. The fourth-order valence-corrected chi connectivity index (χ4v) is 1.46. The van der Waals surface area contributed by atoms with E-state index in [2.05, 4.69) is 0 Å². The fourth-order valence-electron chi connectivity index (χ4n) is 1.46. The third-order valence-electron chi connectivity index (χ3n) is 2.27. The number of carbonyl (C=O) groups is 1. The maximum Gasteiger partial charge on any atom is 0.339 e. The third kappa shape index (κ3) is 2.34. The molecule has 2 nitrogen and oxygen atoms in total. The monoisotopic (exact) mass is 200 g/mol. The van der Waals surface area contributed by atoms with Gasteiger partial charge in [0, 0.05) is 12.0 Å². The van der Waals surface area contributed by atoms with Gasteiger partial charge in [-0.05, 0) is 24.6 Å². The summed E-state index contributed by atoms with van der Waals surface area (Å²) in [5.74, 6) is 0.448. The summed E-state index contributed by atoms with van der Waals surface area (Å²) in [5, 5.41) is 0. The van der Waals surface area contributed by atoms with Gasteiger partial charge >= 0.3 is 5.97 Å². The summed E-state index contributed by atoms with van der Waals surface area (Å²) in [6.45, 7) is 1.79. The Hall–Kier alpha value is -1.83. The molecule has 1 aromatic rings. The second kappa shape index (κ2) is 4.13. The molecule has 1 aliphatic rings. The summed E-state index contributed by atoms with van der Waals surface area (Å²) in [5.41, 5.74) is 1.73. The maximum absolute atomic E-state index is 11.5. The van der Waals surface area contributed by atoms with Crippen LogP contribution in [0.2, 0.25) is 0 Å². The number of allylic oxidation sites excluding steroid dienone is 2. The van der Waals surface area contributed by atoms with Gasteiger partial charge in [0.1, 0.15) is 5.76 Å². The first-order chi connectivity index (χ1) is 7.25. The standard InChI is InChI=1S/C13H12O2/c1-10-7-8-12(13(14)15-10)9-11-5-3-2-4-6-11/h2-7,9H,8H2,1H3/b12-9-. The molecule has 2 rings (SSSR count). The number of cyclic esters (lactones) is 1. The molecule has 15 heavy (non-hydrogen) atoms. The number of esters is 1. The number of carbonyl (C=O) groups excluding carboxylic acids is 1. The minimum atomic E-state index is -0.237. The number of ether oxygens (including phenoxy) is 1. The van der Waals surface area contributed by atoms with Gasteiger partial charge < -0.3 is 4.74 Å². The van der Waals surface area contributed by atoms with Crippen LogP contribution >= 0.6 is 0 Å². The fraction of sp³-hybridized carbons (Fsp3) is 0.154. The molecule has 1 aliphatic heterocycles. The minimum absolute atomic E-state index is 0.237. The highest BCUT2D eigenvalue weighted by molar-refractivity contribution is 5.95. The van der Waals surface area contributed by atoms with Crippen LogP contribution in [-0.2, 0) is 9.53 Å². The van der Waals surface area contributed by atoms with Crippen molar-refractivity contribution in [1.82, 2.24) is 0 Å². The predicted molar refractivity (Wildman–Crippen MR) is 58.9 cm³/mol. The van der Waals surface area contributed by atoms with Crippen molar-refractivity contribution in [2.75, 3.05) is 0 Å². The van der Waals surface area contributed by atoms with Crippen molar-refractivity contribution in [3.05, 3.63) is 53.3 Å². The van der Waals surface area contributed by atoms with Gasteiger partial charge in [0.25, 0.3) is 0 Å². The van der Waals surface area contributed by atoms with Crippen molar-refractivity contribution in [2.24, 2.45) is 0 Å². The van der Waals surface area contributed by atoms with Crippen LogP contribution < -0.4 is 0 Å². The molecule has 1 heterocycles. The van der Waals surface area contributed by atoms with Gasteiger partial charge in [-0.1, -0.05) is 30.3 Å². The lowest BCUT2D eigenvalue weighted by Crippen LogP contribution is -2.10. The lowest BCUT2D eigenvalue weighted by Gasteiger charge is -2.12. The topological polar surface area (TPSA) is 26.3 Å². The van der Waals surface area contributed by atoms with Crippen molar-refractivity contribution >= 4 is 12.0 Å². The summed E-state index contributed by atoms with van der Waals surface area (Å²) >= 11 is 0. The van der Waals surface area contributed by atoms with Crippen LogP contribution in [0.3, 0.4) is 0 Å². The highest BCUT2D eigenvalue weighted by atomic mass is 16.5. The van der Waals surface area contributed by atoms with E-state index in [1.807, 2.05) is 42.5 Å². The quantitative estimate of drug-likeness (QED) is 0.514. The van der Waals surface area contributed by atoms with Crippen LogP contribution in [0.15, 0.2) is 47.7 Å². The van der Waals surface area contributed by atoms with Crippen molar-refractivity contribution in [2.45, 2.75) is 13.3 Å². The average molecular weight is 200 g/mol. The molecule has 0 atom stereocenters. The number of hydrogen-bond donors (Lipinski definition) is 0. The van der Waals surface area contributed by atoms with Gasteiger partial charge in [0.05, 0.1) is 0 Å². The maximum atomic E-state index is 11.5. The molecule has 0 amide bonds. The molecule has 0 fully saturated rings. The zero-order valence-electron chi connectivity index (χ0n) is 8.57. The SMILES string of the molecule is CC1=CC/C(=C/c2ccccc2)C(=O)O1. The largest absolute Gasteiger partial charge is 0.428 e. The van der Waals surface area contributed by atoms with Gasteiger partial charge in [-0.2, -0.15) is 0 Å². The molecule has 0 radical (unpaired) electrons. The van der Waals surface area contributed by atoms with Crippen molar-refractivity contribution in [3.63, 3.8) is 0 Å². The van der Waals surface area contributed by atoms with Crippen LogP contribution in [0.1, 0.15) is 18.9 Å². The number of rotatable bonds is 1. The molecule has 2 heteroatoms. The Balaban J connectivity index is 2.25. The molecule has 0 bridgehead atoms. The van der Waals surface area contributed by atoms with E-state index in [1.54, 1.807) is 6.92 Å². The second-order valence-corrected chi connectivity index (χ2v) is 3.49. The zero-order valence-corrected chi connectivity index (χ0v) is 8.57. The third-order valence-corrected chi connectivity index (χ3v) is 2.27. The summed E-state index contributed by atoms with van der Waals surface area (Å²) in [6.07, 6.45) is 4.43. The van der Waals surface area contributed by atoms with Crippen LogP contribution in [0.4, 0.5) is 0 Å². The molecule has 76 valence electrons. The Labute approximate surface area is 88.9 Å². The number of hydrogen-bond acceptors (Lipinski definition) is 2. The van der Waals surface area contributed by atoms with Crippen LogP contribution in [0.5, 0.6) is 0 Å². The Kier molecular flexibility index (Phi) is 2.68. The molecular weight excluding hydrogens is 188 g/mol. The smallest absolute Gasteiger partial charge is 0.339 e. The Morgan fingerprint density at radius 3 is 2.67 bits per heavy atom. The van der Waals surface area contributed by atoms with E-state index < -0.39 is 0 Å². The van der Waals surface area contributed by atoms with E-state index in [9.17, 15) is 4.79 Å². The summed E-state index contributed by atoms with van der Waals surface area (Å²) in [4.78, 5) is 11.5. The Morgan fingerprint density at radius 1 is 1.27 bits per heavy atom. The van der Waals surface area contributed by atoms with Crippen molar-refractivity contribution in [3.8, 4) is 0 Å². The normalized spacial score (nSPS) is 18.6. The minimum Gasteiger partial charge on any atom is -0.428 e. The first-order valence-corrected chi connectivity index (χ1v) is 4.90. The lowest BCUT2D eigenvalue weighted by atomic mass is 10.1. The highest BCUT2D eigenvalue weighted by Crippen LogP contribution is 2.19. The molecule has 0 aliphatic carbocycles. The van der Waals surface area contributed by atoms with E-state index in [0.29, 0.717) is 17.8 Å². The average Bonchev–Trinajstić information content (AvgIpc) is 2.24. The lowest BCUT2D eigenvalue weighted by molar-refractivity contribution is -0.135. The second-order valence-electron chi connectivity index (χ2n) is 3.49. The molecule has 0 aromatic heterocycles. The Bertz CT molecular complexity index is 427.